The number of halogens is 1. The maximum Gasteiger partial charge on any atom is 0.262 e. The van der Waals surface area contributed by atoms with Gasteiger partial charge in [0.05, 0.1) is 23.7 Å². The predicted molar refractivity (Wildman–Crippen MR) is 134 cm³/mol. The Morgan fingerprint density at radius 3 is 2.35 bits per heavy atom. The van der Waals surface area contributed by atoms with Crippen LogP contribution in [-0.2, 0) is 4.79 Å². The molecule has 0 heterocycles. The Morgan fingerprint density at radius 2 is 1.68 bits per heavy atom. The molecule has 3 rings (SSSR count). The molecule has 0 aliphatic rings. The Morgan fingerprint density at radius 1 is 0.971 bits per heavy atom. The van der Waals surface area contributed by atoms with Crippen molar-refractivity contribution in [3.05, 3.63) is 88.9 Å². The van der Waals surface area contributed by atoms with Crippen molar-refractivity contribution in [2.75, 3.05) is 39.7 Å². The van der Waals surface area contributed by atoms with Crippen LogP contribution in [0.4, 0.5) is 5.69 Å². The zero-order valence-electron chi connectivity index (χ0n) is 19.4. The number of rotatable bonds is 10. The summed E-state index contributed by atoms with van der Waals surface area (Å²) in [6, 6.07) is 21.7. The van der Waals surface area contributed by atoms with Gasteiger partial charge in [0.15, 0.2) is 6.61 Å². The quantitative estimate of drug-likeness (QED) is 0.448. The lowest BCUT2D eigenvalue weighted by atomic mass is 10.1. The van der Waals surface area contributed by atoms with Crippen molar-refractivity contribution in [1.82, 2.24) is 10.2 Å². The van der Waals surface area contributed by atoms with Crippen molar-refractivity contribution in [2.24, 2.45) is 0 Å². The van der Waals surface area contributed by atoms with Crippen LogP contribution in [0.15, 0.2) is 72.8 Å². The minimum Gasteiger partial charge on any atom is -0.495 e. The van der Waals surface area contributed by atoms with Crippen molar-refractivity contribution in [3.63, 3.8) is 0 Å². The maximum atomic E-state index is 12.9. The van der Waals surface area contributed by atoms with Gasteiger partial charge < -0.3 is 25.0 Å². The number of anilines is 1. The van der Waals surface area contributed by atoms with Crippen molar-refractivity contribution in [2.45, 2.75) is 6.04 Å². The molecule has 0 aromatic heterocycles. The van der Waals surface area contributed by atoms with E-state index in [1.54, 1.807) is 42.5 Å². The average molecular weight is 482 g/mol. The fourth-order valence-corrected chi connectivity index (χ4v) is 3.68. The lowest BCUT2D eigenvalue weighted by molar-refractivity contribution is -0.118. The van der Waals surface area contributed by atoms with E-state index in [1.807, 2.05) is 49.3 Å². The number of ether oxygens (including phenoxy) is 2. The molecule has 0 aliphatic heterocycles. The molecule has 0 fully saturated rings. The number of likely N-dealkylation sites (N-methyl/N-ethyl adjacent to an activating group) is 1. The highest BCUT2D eigenvalue weighted by Gasteiger charge is 2.18. The monoisotopic (exact) mass is 481 g/mol. The number of benzene rings is 3. The molecular weight excluding hydrogens is 454 g/mol. The number of hydrogen-bond acceptors (Lipinski definition) is 5. The van der Waals surface area contributed by atoms with Crippen LogP contribution in [0.3, 0.4) is 0 Å². The number of nitrogens with zero attached hydrogens (tertiary/aromatic N) is 1. The third-order valence-corrected chi connectivity index (χ3v) is 5.49. The number of carbonyl (C=O) groups is 2. The topological polar surface area (TPSA) is 79.9 Å². The summed E-state index contributed by atoms with van der Waals surface area (Å²) in [6.45, 7) is 0.154. The third kappa shape index (κ3) is 6.73. The normalized spacial score (nSPS) is 11.6. The number of hydrogen-bond donors (Lipinski definition) is 2. The summed E-state index contributed by atoms with van der Waals surface area (Å²) in [4.78, 5) is 27.3. The smallest absolute Gasteiger partial charge is 0.262 e. The van der Waals surface area contributed by atoms with Gasteiger partial charge in [-0.05, 0) is 50.0 Å². The van der Waals surface area contributed by atoms with E-state index in [4.69, 9.17) is 21.1 Å². The van der Waals surface area contributed by atoms with E-state index in [0.29, 0.717) is 34.3 Å². The molecule has 34 heavy (non-hydrogen) atoms. The lowest BCUT2D eigenvalue weighted by Crippen LogP contribution is -2.34. The Balaban J connectivity index is 1.60. The SMILES string of the molecule is COc1ccc(NC(=O)COc2ccccc2C(=O)NC[C@@H](c2ccccc2)N(C)C)cc1Cl. The van der Waals surface area contributed by atoms with Crippen molar-refractivity contribution < 1.29 is 19.1 Å². The Hall–Kier alpha value is -3.55. The second kappa shape index (κ2) is 12.1. The van der Waals surface area contributed by atoms with E-state index in [0.717, 1.165) is 5.56 Å². The molecule has 178 valence electrons. The van der Waals surface area contributed by atoms with Gasteiger partial charge in [0.2, 0.25) is 0 Å². The molecule has 0 aliphatic carbocycles. The minimum atomic E-state index is -0.381. The number of para-hydroxylation sites is 1. The molecule has 0 saturated heterocycles. The molecule has 8 heteroatoms. The second-order valence-electron chi connectivity index (χ2n) is 7.78. The van der Waals surface area contributed by atoms with Crippen LogP contribution in [0, 0.1) is 0 Å². The van der Waals surface area contributed by atoms with Crippen molar-refractivity contribution in [1.29, 1.82) is 0 Å². The van der Waals surface area contributed by atoms with Gasteiger partial charge in [-0.3, -0.25) is 9.59 Å². The molecule has 7 nitrogen and oxygen atoms in total. The first-order chi connectivity index (χ1) is 16.4. The number of nitrogens with one attached hydrogen (secondary N) is 2. The Bertz CT molecular complexity index is 1120. The standard InChI is InChI=1S/C26H28ClN3O4/c1-30(2)22(18-9-5-4-6-10-18)16-28-26(32)20-11-7-8-12-23(20)34-17-25(31)29-19-13-14-24(33-3)21(27)15-19/h4-15,22H,16-17H2,1-3H3,(H,28,32)(H,29,31)/t22-/m0/s1. The van der Waals surface area contributed by atoms with Crippen LogP contribution >= 0.6 is 11.6 Å². The van der Waals surface area contributed by atoms with E-state index in [2.05, 4.69) is 10.6 Å². The number of carbonyl (C=O) groups excluding carboxylic acids is 2. The van der Waals surface area contributed by atoms with Crippen LogP contribution in [0.1, 0.15) is 22.0 Å². The molecule has 3 aromatic rings. The molecule has 0 bridgehead atoms. The zero-order chi connectivity index (χ0) is 24.5. The van der Waals surface area contributed by atoms with Crippen LogP contribution < -0.4 is 20.1 Å². The second-order valence-corrected chi connectivity index (χ2v) is 8.19. The summed E-state index contributed by atoms with van der Waals surface area (Å²) in [7, 11) is 5.45. The summed E-state index contributed by atoms with van der Waals surface area (Å²) in [5.41, 5.74) is 1.97. The van der Waals surface area contributed by atoms with Crippen LogP contribution in [-0.4, -0.2) is 51.1 Å². The van der Waals surface area contributed by atoms with Crippen LogP contribution in [0.25, 0.3) is 0 Å². The van der Waals surface area contributed by atoms with E-state index in [1.165, 1.54) is 7.11 Å². The zero-order valence-corrected chi connectivity index (χ0v) is 20.1. The van der Waals surface area contributed by atoms with Crippen LogP contribution in [0.5, 0.6) is 11.5 Å². The highest BCUT2D eigenvalue weighted by Crippen LogP contribution is 2.27. The van der Waals surface area contributed by atoms with Crippen LogP contribution in [0.2, 0.25) is 5.02 Å². The first-order valence-electron chi connectivity index (χ1n) is 10.7. The lowest BCUT2D eigenvalue weighted by Gasteiger charge is -2.25. The fourth-order valence-electron chi connectivity index (χ4n) is 3.42. The summed E-state index contributed by atoms with van der Waals surface area (Å²) in [5, 5.41) is 6.07. The highest BCUT2D eigenvalue weighted by atomic mass is 35.5. The first kappa shape index (κ1) is 25.1. The average Bonchev–Trinajstić information content (AvgIpc) is 2.83. The van der Waals surface area contributed by atoms with Gasteiger partial charge in [-0.15, -0.1) is 0 Å². The summed E-state index contributed by atoms with van der Waals surface area (Å²) in [5.74, 6) is 0.178. The number of methoxy groups -OCH3 is 1. The molecule has 3 aromatic carbocycles. The van der Waals surface area contributed by atoms with Gasteiger partial charge in [0.25, 0.3) is 11.8 Å². The summed E-state index contributed by atoms with van der Waals surface area (Å²) < 4.78 is 10.8. The molecule has 1 atom stereocenters. The van der Waals surface area contributed by atoms with E-state index in [9.17, 15) is 9.59 Å². The van der Waals surface area contributed by atoms with Gasteiger partial charge in [0, 0.05) is 12.2 Å². The van der Waals surface area contributed by atoms with Crippen molar-refractivity contribution in [3.8, 4) is 11.5 Å². The largest absolute Gasteiger partial charge is 0.495 e. The molecule has 2 amide bonds. The summed E-state index contributed by atoms with van der Waals surface area (Å²) >= 11 is 6.10. The molecule has 2 N–H and O–H groups in total. The van der Waals surface area contributed by atoms with E-state index < -0.39 is 0 Å². The Kier molecular flexibility index (Phi) is 8.90. The molecule has 0 spiro atoms. The van der Waals surface area contributed by atoms with Gasteiger partial charge >= 0.3 is 0 Å². The molecular formula is C26H28ClN3O4. The molecule has 0 saturated carbocycles. The molecule has 0 radical (unpaired) electrons. The van der Waals surface area contributed by atoms with E-state index in [-0.39, 0.29) is 24.5 Å². The van der Waals surface area contributed by atoms with Gasteiger partial charge in [-0.1, -0.05) is 54.1 Å². The summed E-state index contributed by atoms with van der Waals surface area (Å²) in [6.07, 6.45) is 0. The maximum absolute atomic E-state index is 12.9. The predicted octanol–water partition coefficient (Wildman–Crippen LogP) is 4.40. The molecule has 0 unspecified atom stereocenters. The highest BCUT2D eigenvalue weighted by molar-refractivity contribution is 6.32. The first-order valence-corrected chi connectivity index (χ1v) is 11.1. The van der Waals surface area contributed by atoms with Gasteiger partial charge in [-0.25, -0.2) is 0 Å². The van der Waals surface area contributed by atoms with E-state index >= 15 is 0 Å². The number of amides is 2. The third-order valence-electron chi connectivity index (χ3n) is 5.19. The van der Waals surface area contributed by atoms with Crippen molar-refractivity contribution >= 4 is 29.1 Å². The van der Waals surface area contributed by atoms with Gasteiger partial charge in [-0.2, -0.15) is 0 Å². The Labute approximate surface area is 204 Å². The van der Waals surface area contributed by atoms with Gasteiger partial charge in [0.1, 0.15) is 11.5 Å². The fraction of sp³-hybridized carbons (Fsp3) is 0.231. The minimum absolute atomic E-state index is 0.0142.